The first-order valence-electron chi connectivity index (χ1n) is 7.64. The van der Waals surface area contributed by atoms with Gasteiger partial charge in [0.1, 0.15) is 17.0 Å². The van der Waals surface area contributed by atoms with Gasteiger partial charge < -0.3 is 14.5 Å². The summed E-state index contributed by atoms with van der Waals surface area (Å²) in [5, 5.41) is 12.7. The maximum absolute atomic E-state index is 12.7. The van der Waals surface area contributed by atoms with Gasteiger partial charge >= 0.3 is 12.1 Å². The average Bonchev–Trinajstić information content (AvgIpc) is 2.94. The summed E-state index contributed by atoms with van der Waals surface area (Å²) in [4.78, 5) is 24.8. The van der Waals surface area contributed by atoms with Crippen LogP contribution in [0.5, 0.6) is 0 Å². The summed E-state index contributed by atoms with van der Waals surface area (Å²) >= 11 is 0. The van der Waals surface area contributed by atoms with Gasteiger partial charge in [0.05, 0.1) is 11.5 Å². The maximum atomic E-state index is 12.7. The molecule has 0 spiro atoms. The molecule has 0 saturated heterocycles. The molecule has 1 aromatic heterocycles. The van der Waals surface area contributed by atoms with Crippen LogP contribution < -0.4 is 0 Å². The Morgan fingerprint density at radius 3 is 2.35 bits per heavy atom. The van der Waals surface area contributed by atoms with Gasteiger partial charge in [0.2, 0.25) is 0 Å². The van der Waals surface area contributed by atoms with Crippen LogP contribution in [0.3, 0.4) is 0 Å². The van der Waals surface area contributed by atoms with Gasteiger partial charge in [-0.3, -0.25) is 9.59 Å². The number of alkyl halides is 3. The smallest absolute Gasteiger partial charge is 0.416 e. The number of aromatic nitrogens is 1. The van der Waals surface area contributed by atoms with Crippen molar-refractivity contribution in [1.29, 1.82) is 0 Å². The molecule has 0 fully saturated rings. The van der Waals surface area contributed by atoms with Crippen LogP contribution in [0.15, 0.2) is 28.8 Å². The Morgan fingerprint density at radius 1 is 1.27 bits per heavy atom. The molecule has 0 aliphatic heterocycles. The zero-order valence-corrected chi connectivity index (χ0v) is 14.3. The molecule has 1 unspecified atom stereocenters. The number of hydrogen-bond donors (Lipinski definition) is 1. The summed E-state index contributed by atoms with van der Waals surface area (Å²) in [6.07, 6.45) is -4.47. The van der Waals surface area contributed by atoms with Crippen molar-refractivity contribution in [1.82, 2.24) is 10.1 Å². The Balaban J connectivity index is 2.34. The number of nitrogens with zero attached hydrogens (tertiary/aromatic N) is 2. The second kappa shape index (κ2) is 7.19. The van der Waals surface area contributed by atoms with E-state index in [2.05, 4.69) is 5.16 Å². The van der Waals surface area contributed by atoms with Crippen LogP contribution in [0.1, 0.15) is 28.6 Å². The number of carbonyl (C=O) groups is 2. The normalized spacial score (nSPS) is 12.7. The number of carbonyl (C=O) groups excluding carboxylic acids is 1. The Hall–Kier alpha value is -2.84. The Labute approximate surface area is 147 Å². The van der Waals surface area contributed by atoms with Crippen molar-refractivity contribution in [3.05, 3.63) is 41.2 Å². The Morgan fingerprint density at radius 2 is 1.85 bits per heavy atom. The summed E-state index contributed by atoms with van der Waals surface area (Å²) in [7, 11) is 1.44. The van der Waals surface area contributed by atoms with Gasteiger partial charge in [-0.2, -0.15) is 13.2 Å². The minimum Gasteiger partial charge on any atom is -0.481 e. The molecule has 0 radical (unpaired) electrons. The number of halogens is 3. The highest BCUT2D eigenvalue weighted by Crippen LogP contribution is 2.32. The Bertz CT molecular complexity index is 812. The molecule has 2 aromatic rings. The number of aryl methyl sites for hydroxylation is 1. The highest BCUT2D eigenvalue weighted by molar-refractivity contribution is 6.00. The van der Waals surface area contributed by atoms with E-state index >= 15 is 0 Å². The molecule has 0 aliphatic carbocycles. The van der Waals surface area contributed by atoms with E-state index in [1.165, 1.54) is 37.9 Å². The summed E-state index contributed by atoms with van der Waals surface area (Å²) < 4.78 is 43.1. The zero-order chi connectivity index (χ0) is 19.6. The number of amides is 1. The fraction of sp³-hybridized carbons (Fsp3) is 0.353. The van der Waals surface area contributed by atoms with E-state index in [9.17, 15) is 22.8 Å². The molecule has 0 aliphatic rings. The fourth-order valence-electron chi connectivity index (χ4n) is 2.40. The largest absolute Gasteiger partial charge is 0.481 e. The number of aliphatic carboxylic acids is 1. The average molecular weight is 370 g/mol. The standard InChI is InChI=1S/C17H17F3N2O4/c1-9(16(24)25)8-22(3)15(23)13-10(2)26-21-14(13)11-4-6-12(7-5-11)17(18,19)20/h4-7,9H,8H2,1-3H3,(H,24,25). The molecule has 1 amide bonds. The van der Waals surface area contributed by atoms with Crippen LogP contribution in [-0.4, -0.2) is 40.6 Å². The SMILES string of the molecule is Cc1onc(-c2ccc(C(F)(F)F)cc2)c1C(=O)N(C)CC(C)C(=O)O. The number of hydrogen-bond acceptors (Lipinski definition) is 4. The summed E-state index contributed by atoms with van der Waals surface area (Å²) in [5.41, 5.74) is -0.333. The number of carboxylic acid groups (broad SMARTS) is 1. The fourth-order valence-corrected chi connectivity index (χ4v) is 2.40. The molecule has 140 valence electrons. The third-order valence-electron chi connectivity index (χ3n) is 3.88. The monoisotopic (exact) mass is 370 g/mol. The highest BCUT2D eigenvalue weighted by Gasteiger charge is 2.31. The molecule has 1 aromatic carbocycles. The van der Waals surface area contributed by atoms with Crippen molar-refractivity contribution >= 4 is 11.9 Å². The number of carboxylic acids is 1. The molecule has 0 saturated carbocycles. The van der Waals surface area contributed by atoms with Gasteiger partial charge in [0, 0.05) is 19.2 Å². The van der Waals surface area contributed by atoms with Crippen LogP contribution in [0.25, 0.3) is 11.3 Å². The van der Waals surface area contributed by atoms with E-state index in [0.29, 0.717) is 0 Å². The van der Waals surface area contributed by atoms with E-state index in [-0.39, 0.29) is 29.1 Å². The van der Waals surface area contributed by atoms with Gasteiger partial charge in [0.25, 0.3) is 5.91 Å². The second-order valence-electron chi connectivity index (χ2n) is 5.96. The number of rotatable bonds is 5. The van der Waals surface area contributed by atoms with Crippen molar-refractivity contribution in [2.24, 2.45) is 5.92 Å². The maximum Gasteiger partial charge on any atom is 0.416 e. The molecule has 1 heterocycles. The van der Waals surface area contributed by atoms with E-state index in [1.807, 2.05) is 0 Å². The molecule has 0 bridgehead atoms. The topological polar surface area (TPSA) is 83.6 Å². The summed E-state index contributed by atoms with van der Waals surface area (Å²) in [6, 6.07) is 4.20. The van der Waals surface area contributed by atoms with E-state index < -0.39 is 29.5 Å². The van der Waals surface area contributed by atoms with E-state index in [1.54, 1.807) is 0 Å². The van der Waals surface area contributed by atoms with Gasteiger partial charge in [-0.1, -0.05) is 24.2 Å². The molecular formula is C17H17F3N2O4. The molecule has 9 heteroatoms. The first kappa shape index (κ1) is 19.5. The first-order chi connectivity index (χ1) is 12.0. The third kappa shape index (κ3) is 4.04. The minimum atomic E-state index is -4.47. The van der Waals surface area contributed by atoms with Gasteiger partial charge in [-0.15, -0.1) is 0 Å². The number of benzene rings is 1. The molecular weight excluding hydrogens is 353 g/mol. The summed E-state index contributed by atoms with van der Waals surface area (Å²) in [5.74, 6) is -2.15. The molecule has 2 rings (SSSR count). The third-order valence-corrected chi connectivity index (χ3v) is 3.88. The quantitative estimate of drug-likeness (QED) is 0.871. The van der Waals surface area contributed by atoms with E-state index in [0.717, 1.165) is 12.1 Å². The lowest BCUT2D eigenvalue weighted by atomic mass is 10.0. The lowest BCUT2D eigenvalue weighted by Gasteiger charge is -2.19. The molecule has 1 atom stereocenters. The first-order valence-corrected chi connectivity index (χ1v) is 7.64. The van der Waals surface area contributed by atoms with Crippen LogP contribution in [-0.2, 0) is 11.0 Å². The predicted molar refractivity (Wildman–Crippen MR) is 85.4 cm³/mol. The van der Waals surface area contributed by atoms with Crippen molar-refractivity contribution < 1.29 is 32.4 Å². The Kier molecular flexibility index (Phi) is 5.38. The van der Waals surface area contributed by atoms with Crippen LogP contribution in [0.4, 0.5) is 13.2 Å². The van der Waals surface area contributed by atoms with Crippen molar-refractivity contribution in [3.8, 4) is 11.3 Å². The van der Waals surface area contributed by atoms with Crippen LogP contribution in [0.2, 0.25) is 0 Å². The molecule has 1 N–H and O–H groups in total. The van der Waals surface area contributed by atoms with Crippen LogP contribution >= 0.6 is 0 Å². The van der Waals surface area contributed by atoms with E-state index in [4.69, 9.17) is 9.63 Å². The van der Waals surface area contributed by atoms with Gasteiger partial charge in [-0.25, -0.2) is 0 Å². The van der Waals surface area contributed by atoms with Crippen molar-refractivity contribution in [3.63, 3.8) is 0 Å². The summed E-state index contributed by atoms with van der Waals surface area (Å²) in [6.45, 7) is 2.93. The minimum absolute atomic E-state index is 0.0365. The van der Waals surface area contributed by atoms with Crippen molar-refractivity contribution in [2.75, 3.05) is 13.6 Å². The molecule has 6 nitrogen and oxygen atoms in total. The molecule has 26 heavy (non-hydrogen) atoms. The zero-order valence-electron chi connectivity index (χ0n) is 14.3. The van der Waals surface area contributed by atoms with Crippen LogP contribution in [0, 0.1) is 12.8 Å². The predicted octanol–water partition coefficient (Wildman–Crippen LogP) is 3.46. The van der Waals surface area contributed by atoms with Gasteiger partial charge in [0.15, 0.2) is 0 Å². The lowest BCUT2D eigenvalue weighted by molar-refractivity contribution is -0.141. The lowest BCUT2D eigenvalue weighted by Crippen LogP contribution is -2.34. The van der Waals surface area contributed by atoms with Crippen molar-refractivity contribution in [2.45, 2.75) is 20.0 Å². The highest BCUT2D eigenvalue weighted by atomic mass is 19.4. The second-order valence-corrected chi connectivity index (χ2v) is 5.96. The van der Waals surface area contributed by atoms with Gasteiger partial charge in [-0.05, 0) is 19.1 Å².